The molecule has 5 heteroatoms. The molecule has 0 fully saturated rings. The first-order chi connectivity index (χ1) is 8.15. The molecule has 17 heavy (non-hydrogen) atoms. The van der Waals surface area contributed by atoms with E-state index in [0.29, 0.717) is 5.75 Å². The number of benzene rings is 1. The molecule has 1 heterocycles. The van der Waals surface area contributed by atoms with Gasteiger partial charge in [-0.3, -0.25) is 4.99 Å². The van der Waals surface area contributed by atoms with E-state index in [9.17, 15) is 5.11 Å². The zero-order valence-electron chi connectivity index (χ0n) is 9.93. The number of nitrogens with one attached hydrogen (secondary N) is 1. The van der Waals surface area contributed by atoms with E-state index in [1.165, 1.54) is 0 Å². The highest BCUT2D eigenvalue weighted by Gasteiger charge is 2.10. The Morgan fingerprint density at radius 2 is 2.29 bits per heavy atom. The molecule has 92 valence electrons. The minimum atomic E-state index is 0.0364. The molecule has 1 aliphatic heterocycles. The van der Waals surface area contributed by atoms with Crippen molar-refractivity contribution in [3.8, 4) is 11.5 Å². The Kier molecular flexibility index (Phi) is 3.78. The van der Waals surface area contributed by atoms with Crippen LogP contribution in [0, 0.1) is 0 Å². The average Bonchev–Trinajstić information content (AvgIpc) is 2.75. The smallest absolute Gasteiger partial charge is 0.163 e. The van der Waals surface area contributed by atoms with Gasteiger partial charge in [-0.05, 0) is 26.0 Å². The largest absolute Gasteiger partial charge is 0.504 e. The molecule has 0 aromatic heterocycles. The van der Waals surface area contributed by atoms with Gasteiger partial charge in [0.1, 0.15) is 0 Å². The fourth-order valence-electron chi connectivity index (χ4n) is 1.47. The van der Waals surface area contributed by atoms with Gasteiger partial charge in [-0.15, -0.1) is 0 Å². The van der Waals surface area contributed by atoms with Crippen molar-refractivity contribution in [3.63, 3.8) is 0 Å². The molecule has 0 spiro atoms. The number of phenols is 1. The van der Waals surface area contributed by atoms with Crippen LogP contribution in [0.15, 0.2) is 23.2 Å². The maximum Gasteiger partial charge on any atom is 0.163 e. The summed E-state index contributed by atoms with van der Waals surface area (Å²) in [7, 11) is 0. The van der Waals surface area contributed by atoms with Crippen molar-refractivity contribution < 1.29 is 9.84 Å². The van der Waals surface area contributed by atoms with Gasteiger partial charge in [0.2, 0.25) is 0 Å². The van der Waals surface area contributed by atoms with Crippen molar-refractivity contribution >= 4 is 22.6 Å². The highest BCUT2D eigenvalue weighted by Crippen LogP contribution is 2.30. The van der Waals surface area contributed by atoms with E-state index in [4.69, 9.17) is 4.74 Å². The third kappa shape index (κ3) is 3.30. The fraction of sp³-hybridized carbons (Fsp3) is 0.417. The van der Waals surface area contributed by atoms with Gasteiger partial charge in [0.05, 0.1) is 12.6 Å². The number of ether oxygens (including phenoxy) is 1. The summed E-state index contributed by atoms with van der Waals surface area (Å²) in [6.45, 7) is 4.72. The van der Waals surface area contributed by atoms with Gasteiger partial charge in [-0.2, -0.15) is 0 Å². The molecule has 1 aliphatic rings. The predicted octanol–water partition coefficient (Wildman–Crippen LogP) is 2.69. The van der Waals surface area contributed by atoms with Crippen LogP contribution in [0.3, 0.4) is 0 Å². The highest BCUT2D eigenvalue weighted by molar-refractivity contribution is 8.14. The average molecular weight is 252 g/mol. The van der Waals surface area contributed by atoms with Gasteiger partial charge >= 0.3 is 0 Å². The number of phenolic OH excluding ortho intramolecular Hbond substituents is 1. The highest BCUT2D eigenvalue weighted by atomic mass is 32.2. The van der Waals surface area contributed by atoms with Crippen LogP contribution in [-0.2, 0) is 0 Å². The van der Waals surface area contributed by atoms with Gasteiger partial charge in [0.25, 0.3) is 0 Å². The van der Waals surface area contributed by atoms with Crippen LogP contribution in [0.5, 0.6) is 11.5 Å². The molecule has 0 bridgehead atoms. The number of hydrogen-bond acceptors (Lipinski definition) is 5. The molecule has 0 saturated carbocycles. The summed E-state index contributed by atoms with van der Waals surface area (Å²) >= 11 is 1.70. The molecule has 0 saturated heterocycles. The maximum absolute atomic E-state index is 9.66. The van der Waals surface area contributed by atoms with Gasteiger partial charge in [0, 0.05) is 17.5 Å². The summed E-state index contributed by atoms with van der Waals surface area (Å²) in [5.74, 6) is 1.68. The molecule has 0 radical (unpaired) electrons. The number of aromatic hydroxyl groups is 1. The Hall–Kier alpha value is -1.36. The van der Waals surface area contributed by atoms with E-state index in [1.807, 2.05) is 19.9 Å². The number of anilines is 1. The summed E-state index contributed by atoms with van der Waals surface area (Å²) in [6.07, 6.45) is 0.0364. The van der Waals surface area contributed by atoms with E-state index in [-0.39, 0.29) is 11.9 Å². The number of hydrogen-bond donors (Lipinski definition) is 2. The van der Waals surface area contributed by atoms with Crippen molar-refractivity contribution in [2.45, 2.75) is 20.0 Å². The topological polar surface area (TPSA) is 53.8 Å². The summed E-state index contributed by atoms with van der Waals surface area (Å²) in [5, 5.41) is 13.8. The second-order valence-electron chi connectivity index (χ2n) is 4.01. The maximum atomic E-state index is 9.66. The lowest BCUT2D eigenvalue weighted by Gasteiger charge is -2.13. The van der Waals surface area contributed by atoms with E-state index in [0.717, 1.165) is 23.2 Å². The minimum absolute atomic E-state index is 0.0364. The summed E-state index contributed by atoms with van der Waals surface area (Å²) < 4.78 is 5.51. The monoisotopic (exact) mass is 252 g/mol. The third-order valence-corrected chi connectivity index (χ3v) is 3.05. The number of thioether (sulfide) groups is 1. The molecule has 0 amide bonds. The molecular formula is C12H16N2O2S. The SMILES string of the molecule is CC(C)Oc1cc(NC2=NCCS2)ccc1O. The number of nitrogens with zero attached hydrogens (tertiary/aromatic N) is 1. The molecule has 0 unspecified atom stereocenters. The number of amidine groups is 1. The van der Waals surface area contributed by atoms with Crippen LogP contribution in [-0.4, -0.2) is 28.7 Å². The van der Waals surface area contributed by atoms with Gasteiger partial charge in [-0.25, -0.2) is 0 Å². The zero-order valence-corrected chi connectivity index (χ0v) is 10.8. The Balaban J connectivity index is 2.12. The van der Waals surface area contributed by atoms with Crippen LogP contribution in [0.4, 0.5) is 5.69 Å². The van der Waals surface area contributed by atoms with Crippen molar-refractivity contribution in [1.82, 2.24) is 0 Å². The first-order valence-corrected chi connectivity index (χ1v) is 6.57. The van der Waals surface area contributed by atoms with Crippen LogP contribution in [0.25, 0.3) is 0 Å². The Labute approximate surface area is 105 Å². The van der Waals surface area contributed by atoms with Gasteiger partial charge in [-0.1, -0.05) is 11.8 Å². The van der Waals surface area contributed by atoms with Gasteiger partial charge in [0.15, 0.2) is 16.7 Å². The zero-order chi connectivity index (χ0) is 12.3. The molecule has 0 atom stereocenters. The Morgan fingerprint density at radius 1 is 1.47 bits per heavy atom. The summed E-state index contributed by atoms with van der Waals surface area (Å²) in [5.41, 5.74) is 0.881. The lowest BCUT2D eigenvalue weighted by molar-refractivity contribution is 0.232. The van der Waals surface area contributed by atoms with E-state index < -0.39 is 0 Å². The number of rotatable bonds is 3. The third-order valence-electron chi connectivity index (χ3n) is 2.16. The van der Waals surface area contributed by atoms with Crippen LogP contribution in [0.2, 0.25) is 0 Å². The lowest BCUT2D eigenvalue weighted by Crippen LogP contribution is -2.08. The van der Waals surface area contributed by atoms with E-state index in [1.54, 1.807) is 23.9 Å². The second kappa shape index (κ2) is 5.31. The normalized spacial score (nSPS) is 14.9. The van der Waals surface area contributed by atoms with Crippen molar-refractivity contribution in [2.75, 3.05) is 17.6 Å². The molecular weight excluding hydrogens is 236 g/mol. The molecule has 0 aliphatic carbocycles. The fourth-order valence-corrected chi connectivity index (χ4v) is 2.22. The quantitative estimate of drug-likeness (QED) is 0.812. The Bertz CT molecular complexity index is 433. The first kappa shape index (κ1) is 12.1. The summed E-state index contributed by atoms with van der Waals surface area (Å²) in [4.78, 5) is 4.31. The molecule has 1 aromatic carbocycles. The lowest BCUT2D eigenvalue weighted by atomic mass is 10.2. The van der Waals surface area contributed by atoms with Crippen molar-refractivity contribution in [3.05, 3.63) is 18.2 Å². The van der Waals surface area contributed by atoms with Crippen LogP contribution < -0.4 is 10.1 Å². The van der Waals surface area contributed by atoms with Crippen LogP contribution in [0.1, 0.15) is 13.8 Å². The Morgan fingerprint density at radius 3 is 2.94 bits per heavy atom. The van der Waals surface area contributed by atoms with Crippen molar-refractivity contribution in [1.29, 1.82) is 0 Å². The molecule has 4 nitrogen and oxygen atoms in total. The van der Waals surface area contributed by atoms with E-state index in [2.05, 4.69) is 10.3 Å². The van der Waals surface area contributed by atoms with E-state index >= 15 is 0 Å². The van der Waals surface area contributed by atoms with Crippen LogP contribution >= 0.6 is 11.8 Å². The molecule has 1 aromatic rings. The summed E-state index contributed by atoms with van der Waals surface area (Å²) in [6, 6.07) is 5.22. The molecule has 2 rings (SSSR count). The second-order valence-corrected chi connectivity index (χ2v) is 5.09. The van der Waals surface area contributed by atoms with Gasteiger partial charge < -0.3 is 15.2 Å². The first-order valence-electron chi connectivity index (χ1n) is 5.59. The predicted molar refractivity (Wildman–Crippen MR) is 72.3 cm³/mol. The van der Waals surface area contributed by atoms with Crippen molar-refractivity contribution in [2.24, 2.45) is 4.99 Å². The molecule has 2 N–H and O–H groups in total. The standard InChI is InChI=1S/C12H16N2O2S/c1-8(2)16-11-7-9(3-4-10(11)15)14-12-13-5-6-17-12/h3-4,7-8,15H,5-6H2,1-2H3,(H,13,14). The minimum Gasteiger partial charge on any atom is -0.504 e. The number of aliphatic imine (C=N–C) groups is 1.